The molecule has 0 aromatic heterocycles. The van der Waals surface area contributed by atoms with Crippen molar-refractivity contribution in [3.05, 3.63) is 0 Å². The third kappa shape index (κ3) is 9.31. The van der Waals surface area contributed by atoms with E-state index in [1.165, 1.54) is 0 Å². The van der Waals surface area contributed by atoms with E-state index in [1.54, 1.807) is 0 Å². The molecule has 0 fully saturated rings. The second-order valence-electron chi connectivity index (χ2n) is 4.26. The average Bonchev–Trinajstić information content (AvgIpc) is 1.78. The summed E-state index contributed by atoms with van der Waals surface area (Å²) in [5.41, 5.74) is -0.310. The number of nitrogens with one attached hydrogen (secondary N) is 2. The van der Waals surface area contributed by atoms with E-state index < -0.39 is 9.84 Å². The van der Waals surface area contributed by atoms with E-state index in [2.05, 4.69) is 10.6 Å². The molecule has 0 saturated carbocycles. The lowest BCUT2D eigenvalue weighted by Gasteiger charge is -2.20. The lowest BCUT2D eigenvalue weighted by molar-refractivity contribution is 0.232. The lowest BCUT2D eigenvalue weighted by Crippen LogP contribution is -2.47. The van der Waals surface area contributed by atoms with Crippen molar-refractivity contribution in [1.29, 1.82) is 0 Å². The van der Waals surface area contributed by atoms with Crippen LogP contribution in [-0.4, -0.2) is 38.5 Å². The standard InChI is InChI=1S/C8H18N2O3S/c1-8(2,3)10-7(11)9-5-6-14(4,12)13/h5-6H2,1-4H3,(H2,9,10,11). The monoisotopic (exact) mass is 222 g/mol. The first-order valence-corrected chi connectivity index (χ1v) is 6.40. The van der Waals surface area contributed by atoms with Crippen LogP contribution in [0.4, 0.5) is 4.79 Å². The third-order valence-corrected chi connectivity index (χ3v) is 2.19. The van der Waals surface area contributed by atoms with Crippen LogP contribution < -0.4 is 10.6 Å². The minimum absolute atomic E-state index is 0.0371. The molecule has 6 heteroatoms. The number of hydrogen-bond acceptors (Lipinski definition) is 3. The van der Waals surface area contributed by atoms with E-state index in [4.69, 9.17) is 0 Å². The zero-order valence-electron chi connectivity index (χ0n) is 9.05. The van der Waals surface area contributed by atoms with Gasteiger partial charge in [-0.2, -0.15) is 0 Å². The summed E-state index contributed by atoms with van der Waals surface area (Å²) in [6.45, 7) is 5.69. The van der Waals surface area contributed by atoms with Gasteiger partial charge in [-0.25, -0.2) is 13.2 Å². The van der Waals surface area contributed by atoms with Crippen molar-refractivity contribution in [3.8, 4) is 0 Å². The fourth-order valence-corrected chi connectivity index (χ4v) is 1.21. The molecule has 0 aliphatic carbocycles. The fraction of sp³-hybridized carbons (Fsp3) is 0.875. The highest BCUT2D eigenvalue weighted by molar-refractivity contribution is 7.90. The van der Waals surface area contributed by atoms with E-state index in [1.807, 2.05) is 20.8 Å². The molecule has 0 atom stereocenters. The Morgan fingerprint density at radius 1 is 1.29 bits per heavy atom. The first-order valence-electron chi connectivity index (χ1n) is 4.34. The SMILES string of the molecule is CC(C)(C)NC(=O)NCCS(C)(=O)=O. The second-order valence-corrected chi connectivity index (χ2v) is 6.52. The Morgan fingerprint density at radius 2 is 1.79 bits per heavy atom. The lowest BCUT2D eigenvalue weighted by atomic mass is 10.1. The Balaban J connectivity index is 3.77. The van der Waals surface area contributed by atoms with Gasteiger partial charge in [0.1, 0.15) is 9.84 Å². The van der Waals surface area contributed by atoms with E-state index in [0.29, 0.717) is 0 Å². The van der Waals surface area contributed by atoms with Gasteiger partial charge in [0.2, 0.25) is 0 Å². The number of urea groups is 1. The zero-order valence-corrected chi connectivity index (χ0v) is 9.86. The molecule has 0 aliphatic rings. The number of carbonyl (C=O) groups excluding carboxylic acids is 1. The number of rotatable bonds is 3. The topological polar surface area (TPSA) is 75.3 Å². The molecule has 0 rings (SSSR count). The molecule has 0 saturated heterocycles. The summed E-state index contributed by atoms with van der Waals surface area (Å²) < 4.78 is 21.5. The van der Waals surface area contributed by atoms with Gasteiger partial charge in [0.15, 0.2) is 0 Å². The largest absolute Gasteiger partial charge is 0.337 e. The average molecular weight is 222 g/mol. The molecule has 0 bridgehead atoms. The van der Waals surface area contributed by atoms with Gasteiger partial charge < -0.3 is 10.6 Å². The summed E-state index contributed by atoms with van der Waals surface area (Å²) in [4.78, 5) is 11.1. The summed E-state index contributed by atoms with van der Waals surface area (Å²) in [5, 5.41) is 5.13. The van der Waals surface area contributed by atoms with Crippen LogP contribution in [0.1, 0.15) is 20.8 Å². The van der Waals surface area contributed by atoms with E-state index in [-0.39, 0.29) is 23.9 Å². The van der Waals surface area contributed by atoms with Crippen molar-refractivity contribution >= 4 is 15.9 Å². The van der Waals surface area contributed by atoms with Crippen LogP contribution in [0.5, 0.6) is 0 Å². The van der Waals surface area contributed by atoms with Crippen molar-refractivity contribution in [2.24, 2.45) is 0 Å². The van der Waals surface area contributed by atoms with Crippen LogP contribution in [0.3, 0.4) is 0 Å². The van der Waals surface area contributed by atoms with Gasteiger partial charge in [-0.05, 0) is 20.8 Å². The van der Waals surface area contributed by atoms with Gasteiger partial charge in [-0.15, -0.1) is 0 Å². The first-order chi connectivity index (χ1) is 6.10. The van der Waals surface area contributed by atoms with Crippen molar-refractivity contribution in [3.63, 3.8) is 0 Å². The smallest absolute Gasteiger partial charge is 0.315 e. The molecule has 2 amide bonds. The van der Waals surface area contributed by atoms with Gasteiger partial charge in [0, 0.05) is 18.3 Å². The molecule has 0 heterocycles. The molecule has 0 aromatic rings. The van der Waals surface area contributed by atoms with Crippen LogP contribution in [-0.2, 0) is 9.84 Å². The van der Waals surface area contributed by atoms with Crippen LogP contribution in [0.15, 0.2) is 0 Å². The minimum atomic E-state index is -3.01. The Morgan fingerprint density at radius 3 is 2.14 bits per heavy atom. The highest BCUT2D eigenvalue weighted by atomic mass is 32.2. The Labute approximate surface area is 85.2 Å². The molecule has 0 aliphatic heterocycles. The van der Waals surface area contributed by atoms with Crippen molar-refractivity contribution in [2.75, 3.05) is 18.6 Å². The van der Waals surface area contributed by atoms with Crippen LogP contribution >= 0.6 is 0 Å². The van der Waals surface area contributed by atoms with Crippen molar-refractivity contribution in [2.45, 2.75) is 26.3 Å². The van der Waals surface area contributed by atoms with Gasteiger partial charge in [-0.3, -0.25) is 0 Å². The highest BCUT2D eigenvalue weighted by Crippen LogP contribution is 1.97. The predicted molar refractivity (Wildman–Crippen MR) is 56.0 cm³/mol. The molecule has 2 N–H and O–H groups in total. The van der Waals surface area contributed by atoms with Crippen molar-refractivity contribution in [1.82, 2.24) is 10.6 Å². The fourth-order valence-electron chi connectivity index (χ4n) is 0.735. The molecular formula is C8H18N2O3S. The molecule has 0 unspecified atom stereocenters. The van der Waals surface area contributed by atoms with Crippen LogP contribution in [0.25, 0.3) is 0 Å². The van der Waals surface area contributed by atoms with E-state index in [9.17, 15) is 13.2 Å². The molecule has 0 radical (unpaired) electrons. The Kier molecular flexibility index (Phi) is 4.38. The highest BCUT2D eigenvalue weighted by Gasteiger charge is 2.13. The van der Waals surface area contributed by atoms with Crippen molar-refractivity contribution < 1.29 is 13.2 Å². The molecule has 14 heavy (non-hydrogen) atoms. The number of sulfone groups is 1. The summed E-state index contributed by atoms with van der Waals surface area (Å²) in [6, 6.07) is -0.346. The van der Waals surface area contributed by atoms with Gasteiger partial charge in [-0.1, -0.05) is 0 Å². The van der Waals surface area contributed by atoms with Gasteiger partial charge >= 0.3 is 6.03 Å². The normalized spacial score (nSPS) is 12.3. The quantitative estimate of drug-likeness (QED) is 0.712. The molecule has 0 aromatic carbocycles. The maximum atomic E-state index is 11.1. The number of carbonyl (C=O) groups is 1. The minimum Gasteiger partial charge on any atom is -0.337 e. The predicted octanol–water partition coefficient (Wildman–Crippen LogP) is 0.129. The van der Waals surface area contributed by atoms with Crippen LogP contribution in [0.2, 0.25) is 0 Å². The molecule has 84 valence electrons. The number of hydrogen-bond donors (Lipinski definition) is 2. The van der Waals surface area contributed by atoms with E-state index in [0.717, 1.165) is 6.26 Å². The maximum absolute atomic E-state index is 11.1. The summed E-state index contributed by atoms with van der Waals surface area (Å²) >= 11 is 0. The van der Waals surface area contributed by atoms with Gasteiger partial charge in [0.05, 0.1) is 5.75 Å². The molecule has 5 nitrogen and oxygen atoms in total. The Bertz CT molecular complexity index is 290. The van der Waals surface area contributed by atoms with Crippen LogP contribution in [0, 0.1) is 0 Å². The summed E-state index contributed by atoms with van der Waals surface area (Å²) in [7, 11) is -3.01. The number of amides is 2. The Hall–Kier alpha value is -0.780. The maximum Gasteiger partial charge on any atom is 0.315 e. The second kappa shape index (κ2) is 4.63. The molecule has 0 spiro atoms. The third-order valence-electron chi connectivity index (χ3n) is 1.25. The molecular weight excluding hydrogens is 204 g/mol. The zero-order chi connectivity index (χ0) is 11.4. The summed E-state index contributed by atoms with van der Waals surface area (Å²) in [6.07, 6.45) is 1.14. The van der Waals surface area contributed by atoms with E-state index >= 15 is 0 Å². The van der Waals surface area contributed by atoms with Gasteiger partial charge in [0.25, 0.3) is 0 Å². The summed E-state index contributed by atoms with van der Waals surface area (Å²) in [5.74, 6) is -0.0371. The first kappa shape index (κ1) is 13.2.